The van der Waals surface area contributed by atoms with Gasteiger partial charge in [0.05, 0.1) is 7.11 Å². The maximum atomic E-state index is 11.4. The standard InChI is InChI=1S/C10H10O3/c1-3-10(9(12)13-2)6-4-5-7(11)8(6)10/h3-6,8H,1H2,2H3/t6-,8-,10-/m1/s1. The molecule has 0 aromatic rings. The number of hydrogen-bond acceptors (Lipinski definition) is 3. The molecule has 1 fully saturated rings. The molecule has 0 heterocycles. The summed E-state index contributed by atoms with van der Waals surface area (Å²) < 4.78 is 4.66. The number of fused-ring (bicyclic) bond motifs is 1. The molecule has 3 atom stereocenters. The van der Waals surface area contributed by atoms with Crippen LogP contribution in [0.25, 0.3) is 0 Å². The van der Waals surface area contributed by atoms with Gasteiger partial charge < -0.3 is 4.74 Å². The van der Waals surface area contributed by atoms with Crippen molar-refractivity contribution in [1.82, 2.24) is 0 Å². The zero-order chi connectivity index (χ0) is 9.64. The maximum Gasteiger partial charge on any atom is 0.317 e. The molecule has 0 amide bonds. The largest absolute Gasteiger partial charge is 0.468 e. The van der Waals surface area contributed by atoms with Gasteiger partial charge in [-0.25, -0.2) is 0 Å². The fraction of sp³-hybridized carbons (Fsp3) is 0.400. The summed E-state index contributed by atoms with van der Waals surface area (Å²) in [6, 6.07) is 0. The third-order valence-corrected chi connectivity index (χ3v) is 2.97. The predicted octanol–water partition coefficient (Wildman–Crippen LogP) is 0.717. The van der Waals surface area contributed by atoms with E-state index in [4.69, 9.17) is 0 Å². The molecule has 3 heteroatoms. The van der Waals surface area contributed by atoms with E-state index in [0.29, 0.717) is 0 Å². The first-order valence-electron chi connectivity index (χ1n) is 4.12. The second-order valence-electron chi connectivity index (χ2n) is 3.39. The smallest absolute Gasteiger partial charge is 0.317 e. The summed E-state index contributed by atoms with van der Waals surface area (Å²) in [5.41, 5.74) is -0.749. The molecule has 0 radical (unpaired) electrons. The number of esters is 1. The molecule has 68 valence electrons. The third-order valence-electron chi connectivity index (χ3n) is 2.97. The number of allylic oxidation sites excluding steroid dienone is 2. The lowest BCUT2D eigenvalue weighted by molar-refractivity contribution is -0.146. The highest BCUT2D eigenvalue weighted by Crippen LogP contribution is 2.64. The number of carbonyl (C=O) groups is 2. The second-order valence-corrected chi connectivity index (χ2v) is 3.39. The van der Waals surface area contributed by atoms with E-state index in [1.54, 1.807) is 6.08 Å². The van der Waals surface area contributed by atoms with Gasteiger partial charge in [-0.1, -0.05) is 12.2 Å². The highest BCUT2D eigenvalue weighted by atomic mass is 16.5. The molecule has 0 N–H and O–H groups in total. The molecule has 13 heavy (non-hydrogen) atoms. The number of methoxy groups -OCH3 is 1. The van der Waals surface area contributed by atoms with Crippen LogP contribution in [0.3, 0.4) is 0 Å². The first kappa shape index (κ1) is 8.23. The Morgan fingerprint density at radius 1 is 1.77 bits per heavy atom. The van der Waals surface area contributed by atoms with Gasteiger partial charge in [-0.15, -0.1) is 6.58 Å². The van der Waals surface area contributed by atoms with Crippen LogP contribution in [-0.2, 0) is 14.3 Å². The Kier molecular flexibility index (Phi) is 1.46. The number of carbonyl (C=O) groups excluding carboxylic acids is 2. The minimum atomic E-state index is -0.749. The minimum absolute atomic E-state index is 0.00931. The van der Waals surface area contributed by atoms with Crippen LogP contribution < -0.4 is 0 Å². The highest BCUT2D eigenvalue weighted by Gasteiger charge is 2.72. The Balaban J connectivity index is 2.33. The fourth-order valence-electron chi connectivity index (χ4n) is 2.21. The molecule has 0 aliphatic heterocycles. The van der Waals surface area contributed by atoms with Crippen molar-refractivity contribution in [2.75, 3.05) is 7.11 Å². The minimum Gasteiger partial charge on any atom is -0.468 e. The molecule has 2 aliphatic carbocycles. The van der Waals surface area contributed by atoms with Gasteiger partial charge in [0, 0.05) is 11.8 Å². The summed E-state index contributed by atoms with van der Waals surface area (Å²) >= 11 is 0. The van der Waals surface area contributed by atoms with Crippen molar-refractivity contribution < 1.29 is 14.3 Å². The normalized spacial score (nSPS) is 39.9. The molecule has 0 unspecified atom stereocenters. The Morgan fingerprint density at radius 3 is 2.85 bits per heavy atom. The van der Waals surface area contributed by atoms with Gasteiger partial charge in [0.1, 0.15) is 5.41 Å². The van der Waals surface area contributed by atoms with Crippen molar-refractivity contribution >= 4 is 11.8 Å². The molecule has 2 aliphatic rings. The van der Waals surface area contributed by atoms with Crippen LogP contribution in [0, 0.1) is 17.3 Å². The van der Waals surface area contributed by atoms with Crippen molar-refractivity contribution in [3.8, 4) is 0 Å². The van der Waals surface area contributed by atoms with E-state index in [0.717, 1.165) is 0 Å². The van der Waals surface area contributed by atoms with E-state index in [1.165, 1.54) is 19.3 Å². The van der Waals surface area contributed by atoms with Gasteiger partial charge in [0.25, 0.3) is 0 Å². The fourth-order valence-corrected chi connectivity index (χ4v) is 2.21. The van der Waals surface area contributed by atoms with Gasteiger partial charge in [0.15, 0.2) is 5.78 Å². The SMILES string of the molecule is C=C[C@@]1(C(=O)OC)[C@@H]2C=CC(=O)[C@@H]21. The summed E-state index contributed by atoms with van der Waals surface area (Å²) in [6.45, 7) is 3.59. The summed E-state index contributed by atoms with van der Waals surface area (Å²) in [5.74, 6) is -0.590. The van der Waals surface area contributed by atoms with Crippen LogP contribution in [0.2, 0.25) is 0 Å². The average Bonchev–Trinajstić information content (AvgIpc) is 2.67. The van der Waals surface area contributed by atoms with Crippen molar-refractivity contribution in [2.45, 2.75) is 0 Å². The molecular formula is C10H10O3. The summed E-state index contributed by atoms with van der Waals surface area (Å²) in [5, 5.41) is 0. The van der Waals surface area contributed by atoms with Crippen LogP contribution in [0.4, 0.5) is 0 Å². The lowest BCUT2D eigenvalue weighted by Crippen LogP contribution is -2.21. The molecule has 0 aromatic heterocycles. The van der Waals surface area contributed by atoms with Crippen molar-refractivity contribution in [2.24, 2.45) is 17.3 Å². The zero-order valence-corrected chi connectivity index (χ0v) is 7.32. The van der Waals surface area contributed by atoms with E-state index >= 15 is 0 Å². The van der Waals surface area contributed by atoms with Crippen molar-refractivity contribution in [3.63, 3.8) is 0 Å². The lowest BCUT2D eigenvalue weighted by Gasteiger charge is -2.09. The van der Waals surface area contributed by atoms with Gasteiger partial charge in [-0.2, -0.15) is 0 Å². The molecular weight excluding hydrogens is 168 g/mol. The molecule has 1 saturated carbocycles. The first-order valence-corrected chi connectivity index (χ1v) is 4.12. The zero-order valence-electron chi connectivity index (χ0n) is 7.32. The monoisotopic (exact) mass is 178 g/mol. The van der Waals surface area contributed by atoms with Crippen LogP contribution >= 0.6 is 0 Å². The van der Waals surface area contributed by atoms with Gasteiger partial charge in [0.2, 0.25) is 0 Å². The predicted molar refractivity (Wildman–Crippen MR) is 45.8 cm³/mol. The van der Waals surface area contributed by atoms with Gasteiger partial charge >= 0.3 is 5.97 Å². The van der Waals surface area contributed by atoms with Gasteiger partial charge in [-0.05, 0) is 6.08 Å². The Morgan fingerprint density at radius 2 is 2.46 bits per heavy atom. The second kappa shape index (κ2) is 2.31. The summed E-state index contributed by atoms with van der Waals surface area (Å²) in [4.78, 5) is 22.7. The summed E-state index contributed by atoms with van der Waals surface area (Å²) in [6.07, 6.45) is 4.83. The highest BCUT2D eigenvalue weighted by molar-refractivity contribution is 6.05. The molecule has 0 aromatic carbocycles. The quantitative estimate of drug-likeness (QED) is 0.462. The topological polar surface area (TPSA) is 43.4 Å². The van der Waals surface area contributed by atoms with E-state index in [-0.39, 0.29) is 23.6 Å². The lowest BCUT2D eigenvalue weighted by atomic mass is 9.98. The molecule has 0 bridgehead atoms. The van der Waals surface area contributed by atoms with Crippen molar-refractivity contribution in [3.05, 3.63) is 24.8 Å². The Hall–Kier alpha value is -1.38. The van der Waals surface area contributed by atoms with Crippen LogP contribution in [0.15, 0.2) is 24.8 Å². The van der Waals surface area contributed by atoms with Crippen molar-refractivity contribution in [1.29, 1.82) is 0 Å². The number of ether oxygens (including phenoxy) is 1. The number of rotatable bonds is 2. The van der Waals surface area contributed by atoms with Crippen LogP contribution in [0.5, 0.6) is 0 Å². The molecule has 3 nitrogen and oxygen atoms in total. The molecule has 0 saturated heterocycles. The maximum absolute atomic E-state index is 11.4. The average molecular weight is 178 g/mol. The van der Waals surface area contributed by atoms with E-state index in [1.807, 2.05) is 0 Å². The third kappa shape index (κ3) is 0.742. The Bertz CT molecular complexity index is 329. The van der Waals surface area contributed by atoms with Crippen LogP contribution in [0.1, 0.15) is 0 Å². The summed E-state index contributed by atoms with van der Waals surface area (Å²) in [7, 11) is 1.33. The van der Waals surface area contributed by atoms with E-state index in [9.17, 15) is 9.59 Å². The Labute approximate surface area is 76.1 Å². The first-order chi connectivity index (χ1) is 6.18. The number of ketones is 1. The van der Waals surface area contributed by atoms with Crippen LogP contribution in [-0.4, -0.2) is 18.9 Å². The molecule has 2 rings (SSSR count). The van der Waals surface area contributed by atoms with E-state index < -0.39 is 5.41 Å². The van der Waals surface area contributed by atoms with Gasteiger partial charge in [-0.3, -0.25) is 9.59 Å². The van der Waals surface area contributed by atoms with E-state index in [2.05, 4.69) is 11.3 Å². The molecule has 0 spiro atoms. The number of hydrogen-bond donors (Lipinski definition) is 0.